The first-order chi connectivity index (χ1) is 15.4. The Labute approximate surface area is 187 Å². The van der Waals surface area contributed by atoms with E-state index in [0.29, 0.717) is 0 Å². The van der Waals surface area contributed by atoms with Crippen molar-refractivity contribution in [2.75, 3.05) is 19.8 Å². The normalized spacial score (nSPS) is 40.8. The first-order valence-electron chi connectivity index (χ1n) is 10.1. The average molecular weight is 486 g/mol. The fourth-order valence-electron chi connectivity index (χ4n) is 3.23. The molecule has 2 rings (SSSR count). The Morgan fingerprint density at radius 1 is 0.909 bits per heavy atom. The molecule has 2 heterocycles. The standard InChI is InChI=1S/C18H30O15/c1-6(21)15(27)30-7(2)16(28)29-5-18(14(26)11(23)9(4-20)32-18)33-17-13(25)12(24)10(22)8(3-19)31-17/h6-14,17,19-26H,3-5H2,1-2H3/t6?,7?,8-,9-,10-,11-,12+,13-,14+,17-,18+/m1/s1. The molecule has 2 fully saturated rings. The van der Waals surface area contributed by atoms with Crippen molar-refractivity contribution in [2.24, 2.45) is 0 Å². The van der Waals surface area contributed by atoms with Gasteiger partial charge in [0, 0.05) is 0 Å². The first-order valence-corrected chi connectivity index (χ1v) is 10.1. The summed E-state index contributed by atoms with van der Waals surface area (Å²) in [6.45, 7) is -0.321. The van der Waals surface area contributed by atoms with Crippen LogP contribution in [0.4, 0.5) is 0 Å². The van der Waals surface area contributed by atoms with Crippen LogP contribution in [0, 0.1) is 0 Å². The predicted molar refractivity (Wildman–Crippen MR) is 99.7 cm³/mol. The first kappa shape index (κ1) is 27.7. The van der Waals surface area contributed by atoms with Crippen molar-refractivity contribution < 1.29 is 74.1 Å². The zero-order chi connectivity index (χ0) is 25.1. The van der Waals surface area contributed by atoms with Crippen LogP contribution < -0.4 is 0 Å². The molecule has 192 valence electrons. The van der Waals surface area contributed by atoms with Crippen LogP contribution in [0.1, 0.15) is 13.8 Å². The van der Waals surface area contributed by atoms with Crippen LogP contribution in [0.15, 0.2) is 0 Å². The highest BCUT2D eigenvalue weighted by Gasteiger charge is 2.59. The molecule has 2 aliphatic rings. The highest BCUT2D eigenvalue weighted by molar-refractivity contribution is 5.80. The number of aliphatic hydroxyl groups excluding tert-OH is 8. The molecule has 0 saturated carbocycles. The van der Waals surface area contributed by atoms with Crippen LogP contribution >= 0.6 is 0 Å². The summed E-state index contributed by atoms with van der Waals surface area (Å²) in [6.07, 6.45) is -16.9. The minimum atomic E-state index is -2.45. The fraction of sp³-hybridized carbons (Fsp3) is 0.889. The summed E-state index contributed by atoms with van der Waals surface area (Å²) in [7, 11) is 0. The van der Waals surface area contributed by atoms with Crippen LogP contribution in [-0.2, 0) is 33.3 Å². The van der Waals surface area contributed by atoms with E-state index in [1.54, 1.807) is 0 Å². The molecule has 2 saturated heterocycles. The molecule has 2 unspecified atom stereocenters. The number of ether oxygens (including phenoxy) is 5. The lowest BCUT2D eigenvalue weighted by Gasteiger charge is -2.43. The number of esters is 2. The molecular weight excluding hydrogens is 456 g/mol. The highest BCUT2D eigenvalue weighted by Crippen LogP contribution is 2.36. The molecular formula is C18H30O15. The van der Waals surface area contributed by atoms with E-state index in [9.17, 15) is 45.3 Å². The van der Waals surface area contributed by atoms with Crippen LogP contribution in [0.25, 0.3) is 0 Å². The van der Waals surface area contributed by atoms with Gasteiger partial charge in [0.25, 0.3) is 0 Å². The molecule has 0 aromatic carbocycles. The Kier molecular flexibility index (Phi) is 9.49. The van der Waals surface area contributed by atoms with Gasteiger partial charge in [-0.15, -0.1) is 0 Å². The fourth-order valence-corrected chi connectivity index (χ4v) is 3.23. The summed E-state index contributed by atoms with van der Waals surface area (Å²) in [5.74, 6) is -4.73. The van der Waals surface area contributed by atoms with Crippen molar-refractivity contribution in [3.8, 4) is 0 Å². The third-order valence-electron chi connectivity index (χ3n) is 5.23. The molecule has 8 N–H and O–H groups in total. The van der Waals surface area contributed by atoms with Crippen molar-refractivity contribution in [1.29, 1.82) is 0 Å². The van der Waals surface area contributed by atoms with Crippen molar-refractivity contribution in [3.05, 3.63) is 0 Å². The highest BCUT2D eigenvalue weighted by atomic mass is 16.8. The Hall–Kier alpha value is -1.50. The molecule has 15 heteroatoms. The van der Waals surface area contributed by atoms with Gasteiger partial charge in [-0.2, -0.15) is 0 Å². The van der Waals surface area contributed by atoms with E-state index in [0.717, 1.165) is 13.8 Å². The van der Waals surface area contributed by atoms with Gasteiger partial charge in [-0.25, -0.2) is 9.59 Å². The minimum absolute atomic E-state index is 0.787. The van der Waals surface area contributed by atoms with E-state index < -0.39 is 98.8 Å². The number of carbonyl (C=O) groups is 2. The predicted octanol–water partition coefficient (Wildman–Crippen LogP) is -5.53. The van der Waals surface area contributed by atoms with Gasteiger partial charge in [0.05, 0.1) is 13.2 Å². The maximum atomic E-state index is 12.2. The van der Waals surface area contributed by atoms with E-state index >= 15 is 0 Å². The van der Waals surface area contributed by atoms with Crippen molar-refractivity contribution >= 4 is 11.9 Å². The molecule has 0 aromatic heterocycles. The van der Waals surface area contributed by atoms with Crippen molar-refractivity contribution in [3.63, 3.8) is 0 Å². The second-order valence-corrected chi connectivity index (χ2v) is 7.76. The molecule has 11 atom stereocenters. The van der Waals surface area contributed by atoms with Gasteiger partial charge in [-0.3, -0.25) is 0 Å². The Morgan fingerprint density at radius 3 is 2.03 bits per heavy atom. The summed E-state index contributed by atoms with van der Waals surface area (Å²) < 4.78 is 25.6. The van der Waals surface area contributed by atoms with Crippen molar-refractivity contribution in [2.45, 2.75) is 80.9 Å². The quantitative estimate of drug-likeness (QED) is 0.142. The topological polar surface area (TPSA) is 242 Å². The molecule has 0 spiro atoms. The zero-order valence-corrected chi connectivity index (χ0v) is 17.8. The molecule has 0 bridgehead atoms. The van der Waals surface area contributed by atoms with E-state index in [1.807, 2.05) is 0 Å². The SMILES string of the molecule is CC(O)C(=O)OC(C)C(=O)OC[C@@]1(O[C@H]2O[C@H](CO)[C@@H](O)[C@H](O)[C@H]2O)O[C@H](CO)[C@@H](O)[C@@H]1O. The summed E-state index contributed by atoms with van der Waals surface area (Å²) in [6, 6.07) is 0. The second-order valence-electron chi connectivity index (χ2n) is 7.76. The van der Waals surface area contributed by atoms with E-state index in [1.165, 1.54) is 0 Å². The number of hydrogen-bond donors (Lipinski definition) is 8. The molecule has 0 aromatic rings. The smallest absolute Gasteiger partial charge is 0.347 e. The lowest BCUT2D eigenvalue weighted by Crippen LogP contribution is -2.63. The summed E-state index contributed by atoms with van der Waals surface area (Å²) in [5, 5.41) is 78.6. The number of hydrogen-bond acceptors (Lipinski definition) is 15. The van der Waals surface area contributed by atoms with Crippen molar-refractivity contribution in [1.82, 2.24) is 0 Å². The van der Waals surface area contributed by atoms with Gasteiger partial charge in [-0.05, 0) is 13.8 Å². The molecule has 15 nitrogen and oxygen atoms in total. The van der Waals surface area contributed by atoms with Gasteiger partial charge < -0.3 is 64.5 Å². The van der Waals surface area contributed by atoms with Gasteiger partial charge in [0.2, 0.25) is 5.79 Å². The van der Waals surface area contributed by atoms with E-state index in [-0.39, 0.29) is 0 Å². The van der Waals surface area contributed by atoms with Gasteiger partial charge in [0.1, 0.15) is 55.4 Å². The van der Waals surface area contributed by atoms with Gasteiger partial charge >= 0.3 is 11.9 Å². The lowest BCUT2D eigenvalue weighted by molar-refractivity contribution is -0.384. The van der Waals surface area contributed by atoms with Gasteiger partial charge in [-0.1, -0.05) is 0 Å². The maximum Gasteiger partial charge on any atom is 0.347 e. The Morgan fingerprint density at radius 2 is 1.52 bits per heavy atom. The Bertz CT molecular complexity index is 671. The van der Waals surface area contributed by atoms with Crippen LogP contribution in [0.3, 0.4) is 0 Å². The summed E-state index contributed by atoms with van der Waals surface area (Å²) in [5.41, 5.74) is 0. The minimum Gasteiger partial charge on any atom is -0.457 e. The second kappa shape index (κ2) is 11.3. The monoisotopic (exact) mass is 486 g/mol. The summed E-state index contributed by atoms with van der Waals surface area (Å²) in [4.78, 5) is 23.7. The van der Waals surface area contributed by atoms with Crippen LogP contribution in [-0.4, -0.2) is 140 Å². The summed E-state index contributed by atoms with van der Waals surface area (Å²) >= 11 is 0. The van der Waals surface area contributed by atoms with Crippen LogP contribution in [0.2, 0.25) is 0 Å². The molecule has 0 radical (unpaired) electrons. The van der Waals surface area contributed by atoms with Gasteiger partial charge in [0.15, 0.2) is 12.4 Å². The maximum absolute atomic E-state index is 12.2. The molecule has 0 amide bonds. The number of aliphatic hydroxyl groups is 8. The van der Waals surface area contributed by atoms with E-state index in [4.69, 9.17) is 24.1 Å². The van der Waals surface area contributed by atoms with E-state index in [2.05, 4.69) is 4.74 Å². The van der Waals surface area contributed by atoms with Crippen LogP contribution in [0.5, 0.6) is 0 Å². The molecule has 2 aliphatic heterocycles. The lowest BCUT2D eigenvalue weighted by atomic mass is 9.99. The molecule has 0 aliphatic carbocycles. The Balaban J connectivity index is 2.20. The third kappa shape index (κ3) is 5.95. The number of carbonyl (C=O) groups excluding carboxylic acids is 2. The largest absolute Gasteiger partial charge is 0.457 e. The molecule has 33 heavy (non-hydrogen) atoms. The zero-order valence-electron chi connectivity index (χ0n) is 17.8. The average Bonchev–Trinajstić information content (AvgIpc) is 3.02. The third-order valence-corrected chi connectivity index (χ3v) is 5.23. The number of rotatable bonds is 9.